The third-order valence-corrected chi connectivity index (χ3v) is 7.29. The van der Waals surface area contributed by atoms with Gasteiger partial charge in [0.2, 0.25) is 0 Å². The zero-order chi connectivity index (χ0) is 19.7. The summed E-state index contributed by atoms with van der Waals surface area (Å²) in [7, 11) is 0.438. The lowest BCUT2D eigenvalue weighted by atomic mass is 10.1. The summed E-state index contributed by atoms with van der Waals surface area (Å²) in [5.41, 5.74) is 0.348. The summed E-state index contributed by atoms with van der Waals surface area (Å²) < 4.78 is 21.6. The van der Waals surface area contributed by atoms with E-state index < -0.39 is 14.8 Å². The fourth-order valence-corrected chi connectivity index (χ4v) is 4.66. The molecular weight excluding hydrogens is 348 g/mol. The number of hydrogen-bond donors (Lipinski definition) is 0. The molecule has 0 aliphatic rings. The molecule has 26 heavy (non-hydrogen) atoms. The van der Waals surface area contributed by atoms with Crippen molar-refractivity contribution in [2.75, 3.05) is 21.0 Å². The number of unbranched alkanes of at least 4 members (excludes halogenated alkanes) is 10. The monoisotopic (exact) mass is 388 g/mol. The Kier molecular flexibility index (Phi) is 16.0. The van der Waals surface area contributed by atoms with E-state index in [0.29, 0.717) is 5.57 Å². The topological polar surface area (TPSA) is 54.0 Å². The predicted octanol–water partition coefficient (Wildman–Crippen LogP) is 5.62. The van der Waals surface area contributed by atoms with E-state index in [9.17, 15) is 4.79 Å². The number of hydrogen-bond acceptors (Lipinski definition) is 5. The summed E-state index contributed by atoms with van der Waals surface area (Å²) in [4.78, 5) is 11.4. The van der Waals surface area contributed by atoms with Gasteiger partial charge in [-0.05, 0) is 13.3 Å². The zero-order valence-electron chi connectivity index (χ0n) is 17.4. The van der Waals surface area contributed by atoms with Gasteiger partial charge < -0.3 is 18.0 Å². The Bertz CT molecular complexity index is 369. The average Bonchev–Trinajstić information content (AvgIpc) is 2.64. The molecule has 0 radical (unpaired) electrons. The molecule has 0 saturated heterocycles. The summed E-state index contributed by atoms with van der Waals surface area (Å²) >= 11 is 0. The molecule has 0 saturated carbocycles. The molecular formula is C20H40O5Si. The first kappa shape index (κ1) is 25.3. The number of carbonyl (C=O) groups excluding carboxylic acids is 1. The van der Waals surface area contributed by atoms with Gasteiger partial charge in [0, 0.05) is 25.8 Å². The molecule has 0 aromatic heterocycles. The van der Waals surface area contributed by atoms with E-state index in [0.717, 1.165) is 18.9 Å². The van der Waals surface area contributed by atoms with Gasteiger partial charge in [-0.25, -0.2) is 4.79 Å². The van der Waals surface area contributed by atoms with Crippen LogP contribution in [0.1, 0.15) is 84.5 Å². The first-order valence-corrected chi connectivity index (χ1v) is 12.0. The van der Waals surface area contributed by atoms with Gasteiger partial charge in [-0.3, -0.25) is 0 Å². The molecule has 0 aliphatic heterocycles. The van der Waals surface area contributed by atoms with E-state index in [-0.39, 0.29) is 6.79 Å². The van der Waals surface area contributed by atoms with Crippen LogP contribution in [-0.2, 0) is 22.8 Å². The van der Waals surface area contributed by atoms with Crippen LogP contribution < -0.4 is 0 Å². The van der Waals surface area contributed by atoms with Crippen LogP contribution >= 0.6 is 0 Å². The largest absolute Gasteiger partial charge is 0.502 e. The molecule has 0 bridgehead atoms. The van der Waals surface area contributed by atoms with E-state index in [1.165, 1.54) is 57.8 Å². The fraction of sp³-hybridized carbons (Fsp3) is 0.850. The Labute approximate surface area is 161 Å². The van der Waals surface area contributed by atoms with E-state index in [1.807, 2.05) is 0 Å². The molecule has 0 atom stereocenters. The van der Waals surface area contributed by atoms with Gasteiger partial charge in [0.1, 0.15) is 0 Å². The highest BCUT2D eigenvalue weighted by molar-refractivity contribution is 6.60. The molecule has 0 rings (SSSR count). The van der Waals surface area contributed by atoms with Crippen LogP contribution in [0.3, 0.4) is 0 Å². The molecule has 0 unspecified atom stereocenters. The predicted molar refractivity (Wildman–Crippen MR) is 108 cm³/mol. The fourth-order valence-electron chi connectivity index (χ4n) is 2.78. The van der Waals surface area contributed by atoms with Crippen molar-refractivity contribution in [3.05, 3.63) is 12.2 Å². The van der Waals surface area contributed by atoms with Crippen LogP contribution in [0.4, 0.5) is 0 Å². The van der Waals surface area contributed by atoms with Gasteiger partial charge in [0.05, 0.1) is 0 Å². The Morgan fingerprint density at radius 3 is 1.73 bits per heavy atom. The second kappa shape index (κ2) is 16.5. The van der Waals surface area contributed by atoms with Crippen LogP contribution in [0.25, 0.3) is 0 Å². The normalized spacial score (nSPS) is 11.5. The van der Waals surface area contributed by atoms with Gasteiger partial charge in [-0.15, -0.1) is 0 Å². The molecule has 0 amide bonds. The van der Waals surface area contributed by atoms with Gasteiger partial charge in [-0.1, -0.05) is 77.7 Å². The number of ether oxygens (including phenoxy) is 1. The lowest BCUT2D eigenvalue weighted by Crippen LogP contribution is -2.44. The van der Waals surface area contributed by atoms with Crippen LogP contribution in [0.2, 0.25) is 6.04 Å². The highest BCUT2D eigenvalue weighted by Crippen LogP contribution is 2.19. The maximum Gasteiger partial charge on any atom is 0.502 e. The second-order valence-electron chi connectivity index (χ2n) is 6.85. The van der Waals surface area contributed by atoms with Gasteiger partial charge in [0.15, 0.2) is 6.79 Å². The van der Waals surface area contributed by atoms with E-state index in [4.69, 9.17) is 18.0 Å². The molecule has 6 heteroatoms. The average molecular weight is 389 g/mol. The first-order valence-electron chi connectivity index (χ1n) is 10.1. The minimum absolute atomic E-state index is 0.155. The quantitative estimate of drug-likeness (QED) is 0.100. The van der Waals surface area contributed by atoms with Crippen LogP contribution in [0, 0.1) is 0 Å². The molecule has 0 aliphatic carbocycles. The molecule has 5 nitrogen and oxygen atoms in total. The van der Waals surface area contributed by atoms with Crippen molar-refractivity contribution in [3.63, 3.8) is 0 Å². The molecule has 0 spiro atoms. The van der Waals surface area contributed by atoms with Crippen molar-refractivity contribution in [1.82, 2.24) is 0 Å². The smallest absolute Gasteiger partial charge is 0.436 e. The lowest BCUT2D eigenvalue weighted by Gasteiger charge is -2.26. The van der Waals surface area contributed by atoms with Crippen molar-refractivity contribution < 1.29 is 22.8 Å². The van der Waals surface area contributed by atoms with Crippen molar-refractivity contribution in [2.24, 2.45) is 0 Å². The highest BCUT2D eigenvalue weighted by atomic mass is 28.4. The molecule has 0 aromatic carbocycles. The molecule has 0 heterocycles. The Morgan fingerprint density at radius 1 is 0.846 bits per heavy atom. The van der Waals surface area contributed by atoms with E-state index in [1.54, 1.807) is 21.1 Å². The zero-order valence-corrected chi connectivity index (χ0v) is 18.4. The van der Waals surface area contributed by atoms with Gasteiger partial charge >= 0.3 is 14.8 Å². The summed E-state index contributed by atoms with van der Waals surface area (Å²) in [6.07, 6.45) is 14.2. The first-order chi connectivity index (χ1) is 12.5. The third-order valence-electron chi connectivity index (χ3n) is 4.53. The number of esters is 1. The van der Waals surface area contributed by atoms with Gasteiger partial charge in [-0.2, -0.15) is 0 Å². The van der Waals surface area contributed by atoms with E-state index >= 15 is 0 Å². The second-order valence-corrected chi connectivity index (χ2v) is 9.82. The van der Waals surface area contributed by atoms with Crippen LogP contribution in [0.15, 0.2) is 12.2 Å². The summed E-state index contributed by atoms with van der Waals surface area (Å²) in [6, 6.07) is 0.738. The summed E-state index contributed by atoms with van der Waals surface area (Å²) in [5, 5.41) is 0. The lowest BCUT2D eigenvalue weighted by molar-refractivity contribution is -0.147. The standard InChI is InChI=1S/C20H40O5Si/c1-6-7-8-9-10-11-12-13-14-15-16-17-26(22-4,23-5)25-18-24-20(21)19(2)3/h2,6-18H2,1,3-5H3. The number of carbonyl (C=O) groups is 1. The van der Waals surface area contributed by atoms with Crippen LogP contribution in [0.5, 0.6) is 0 Å². The molecule has 0 aromatic rings. The minimum atomic E-state index is -2.75. The van der Waals surface area contributed by atoms with Crippen LogP contribution in [-0.4, -0.2) is 35.8 Å². The minimum Gasteiger partial charge on any atom is -0.436 e. The molecule has 0 N–H and O–H groups in total. The van der Waals surface area contributed by atoms with Gasteiger partial charge in [0.25, 0.3) is 0 Å². The summed E-state index contributed by atoms with van der Waals surface area (Å²) in [5.74, 6) is -0.463. The van der Waals surface area contributed by atoms with Crippen molar-refractivity contribution in [3.8, 4) is 0 Å². The summed E-state index contributed by atoms with van der Waals surface area (Å²) in [6.45, 7) is 7.24. The van der Waals surface area contributed by atoms with E-state index in [2.05, 4.69) is 13.5 Å². The Morgan fingerprint density at radius 2 is 1.31 bits per heavy atom. The highest BCUT2D eigenvalue weighted by Gasteiger charge is 2.38. The molecule has 154 valence electrons. The Balaban J connectivity index is 3.79. The maximum atomic E-state index is 11.4. The number of rotatable bonds is 18. The van der Waals surface area contributed by atoms with Crippen molar-refractivity contribution in [1.29, 1.82) is 0 Å². The molecule has 0 fully saturated rings. The third kappa shape index (κ3) is 12.6. The SMILES string of the molecule is C=C(C)C(=O)OCO[Si](CCCCCCCCCCCCC)(OC)OC. The Hall–Kier alpha value is -0.693. The van der Waals surface area contributed by atoms with Crippen molar-refractivity contribution in [2.45, 2.75) is 90.5 Å². The van der Waals surface area contributed by atoms with Crippen molar-refractivity contribution >= 4 is 14.8 Å². The maximum absolute atomic E-state index is 11.4.